The van der Waals surface area contributed by atoms with E-state index in [1.165, 1.54) is 0 Å². The first-order valence-electron chi connectivity index (χ1n) is 7.03. The van der Waals surface area contributed by atoms with Gasteiger partial charge in [0.2, 0.25) is 11.7 Å². The predicted molar refractivity (Wildman–Crippen MR) is 81.6 cm³/mol. The molecule has 0 amide bonds. The van der Waals surface area contributed by atoms with Crippen molar-refractivity contribution in [2.75, 3.05) is 0 Å². The second-order valence-corrected chi connectivity index (χ2v) is 5.22. The number of imidazole rings is 1. The van der Waals surface area contributed by atoms with Gasteiger partial charge in [0.25, 0.3) is 0 Å². The lowest BCUT2D eigenvalue weighted by molar-refractivity contribution is 0.380. The molecule has 0 atom stereocenters. The minimum atomic E-state index is -0.0806. The normalized spacial score (nSPS) is 11.3. The van der Waals surface area contributed by atoms with E-state index < -0.39 is 0 Å². The molecule has 0 aliphatic carbocycles. The fourth-order valence-corrected chi connectivity index (χ4v) is 2.23. The number of hydrogen-bond donors (Lipinski definition) is 1. The summed E-state index contributed by atoms with van der Waals surface area (Å²) in [4.78, 5) is 16.6. The third kappa shape index (κ3) is 2.46. The number of benzene rings is 1. The number of nitrogens with two attached hydrogens (primary N) is 1. The van der Waals surface area contributed by atoms with Crippen LogP contribution in [0.3, 0.4) is 0 Å². The van der Waals surface area contributed by atoms with E-state index in [2.05, 4.69) is 10.1 Å². The zero-order valence-electron chi connectivity index (χ0n) is 12.4. The summed E-state index contributed by atoms with van der Waals surface area (Å²) in [6.07, 6.45) is 3.53. The smallest absolute Gasteiger partial charge is 0.332 e. The summed E-state index contributed by atoms with van der Waals surface area (Å²) in [6.45, 7) is 4.13. The summed E-state index contributed by atoms with van der Waals surface area (Å²) in [6, 6.07) is 7.53. The van der Waals surface area contributed by atoms with Crippen molar-refractivity contribution < 1.29 is 4.52 Å². The van der Waals surface area contributed by atoms with Crippen molar-refractivity contribution in [3.05, 3.63) is 53.0 Å². The van der Waals surface area contributed by atoms with Gasteiger partial charge in [-0.25, -0.2) is 4.79 Å². The van der Waals surface area contributed by atoms with Crippen LogP contribution in [0, 0.1) is 0 Å². The van der Waals surface area contributed by atoms with Crippen molar-refractivity contribution in [1.82, 2.24) is 19.3 Å². The molecule has 0 radical (unpaired) electrons. The number of aromatic nitrogens is 4. The molecule has 114 valence electrons. The molecule has 0 unspecified atom stereocenters. The molecule has 1 aromatic carbocycles. The Hall–Kier alpha value is -2.67. The first-order valence-corrected chi connectivity index (χ1v) is 7.03. The lowest BCUT2D eigenvalue weighted by Gasteiger charge is -2.05. The number of rotatable bonds is 4. The molecule has 2 aromatic heterocycles. The predicted octanol–water partition coefficient (Wildman–Crippen LogP) is 1.73. The van der Waals surface area contributed by atoms with Crippen LogP contribution in [0.25, 0.3) is 17.1 Å². The number of hydrogen-bond acceptors (Lipinski definition) is 5. The van der Waals surface area contributed by atoms with E-state index in [9.17, 15) is 4.79 Å². The topological polar surface area (TPSA) is 91.9 Å². The molecule has 3 aromatic rings. The Morgan fingerprint density at radius 1 is 1.32 bits per heavy atom. The van der Waals surface area contributed by atoms with E-state index in [1.807, 2.05) is 38.1 Å². The summed E-state index contributed by atoms with van der Waals surface area (Å²) in [5, 5.41) is 3.89. The van der Waals surface area contributed by atoms with Crippen molar-refractivity contribution >= 4 is 0 Å². The molecular weight excluding hydrogens is 282 g/mol. The van der Waals surface area contributed by atoms with Crippen LogP contribution in [0.15, 0.2) is 46.0 Å². The first kappa shape index (κ1) is 14.3. The molecule has 7 heteroatoms. The zero-order valence-corrected chi connectivity index (χ0v) is 12.4. The van der Waals surface area contributed by atoms with Crippen LogP contribution < -0.4 is 11.4 Å². The Balaban J connectivity index is 2.03. The molecule has 0 fully saturated rings. The third-order valence-electron chi connectivity index (χ3n) is 3.38. The van der Waals surface area contributed by atoms with Gasteiger partial charge in [-0.3, -0.25) is 9.13 Å². The maximum Gasteiger partial charge on any atom is 0.332 e. The minimum absolute atomic E-state index is 0.0806. The lowest BCUT2D eigenvalue weighted by Crippen LogP contribution is -2.24. The van der Waals surface area contributed by atoms with Crippen molar-refractivity contribution in [1.29, 1.82) is 0 Å². The highest BCUT2D eigenvalue weighted by atomic mass is 16.5. The fourth-order valence-electron chi connectivity index (χ4n) is 2.23. The highest BCUT2D eigenvalue weighted by Crippen LogP contribution is 2.19. The molecule has 0 aliphatic rings. The molecule has 0 aliphatic heterocycles. The van der Waals surface area contributed by atoms with E-state index in [0.29, 0.717) is 11.7 Å². The second kappa shape index (κ2) is 5.61. The second-order valence-electron chi connectivity index (χ2n) is 5.22. The van der Waals surface area contributed by atoms with Gasteiger partial charge in [0, 0.05) is 24.0 Å². The number of nitrogens with zero attached hydrogens (tertiary/aromatic N) is 4. The van der Waals surface area contributed by atoms with Crippen LogP contribution in [0.5, 0.6) is 0 Å². The molecule has 2 heterocycles. The molecule has 0 saturated carbocycles. The van der Waals surface area contributed by atoms with Gasteiger partial charge in [-0.05, 0) is 26.0 Å². The summed E-state index contributed by atoms with van der Waals surface area (Å²) >= 11 is 0. The Morgan fingerprint density at radius 2 is 2.14 bits per heavy atom. The highest BCUT2D eigenvalue weighted by Gasteiger charge is 2.11. The quantitative estimate of drug-likeness (QED) is 0.792. The van der Waals surface area contributed by atoms with Gasteiger partial charge in [-0.1, -0.05) is 17.3 Å². The van der Waals surface area contributed by atoms with E-state index in [0.717, 1.165) is 11.3 Å². The SMILES string of the molecule is CC(C)n1ccn(-c2cccc(-c3noc(CN)n3)c2)c1=O. The monoisotopic (exact) mass is 299 g/mol. The van der Waals surface area contributed by atoms with Crippen molar-refractivity contribution in [2.24, 2.45) is 5.73 Å². The van der Waals surface area contributed by atoms with Gasteiger partial charge in [0.15, 0.2) is 0 Å². The van der Waals surface area contributed by atoms with E-state index >= 15 is 0 Å². The van der Waals surface area contributed by atoms with Crippen LogP contribution in [-0.2, 0) is 6.54 Å². The largest absolute Gasteiger partial charge is 0.338 e. The van der Waals surface area contributed by atoms with Gasteiger partial charge in [0.05, 0.1) is 12.2 Å². The fraction of sp³-hybridized carbons (Fsp3) is 0.267. The zero-order chi connectivity index (χ0) is 15.7. The van der Waals surface area contributed by atoms with Crippen LogP contribution in [0.2, 0.25) is 0 Å². The molecule has 0 spiro atoms. The van der Waals surface area contributed by atoms with Gasteiger partial charge in [-0.15, -0.1) is 0 Å². The Morgan fingerprint density at radius 3 is 2.77 bits per heavy atom. The average Bonchev–Trinajstić information content (AvgIpc) is 3.13. The Kier molecular flexibility index (Phi) is 3.64. The van der Waals surface area contributed by atoms with Crippen LogP contribution in [-0.4, -0.2) is 19.3 Å². The summed E-state index contributed by atoms with van der Waals surface area (Å²) in [7, 11) is 0. The third-order valence-corrected chi connectivity index (χ3v) is 3.38. The van der Waals surface area contributed by atoms with Gasteiger partial charge >= 0.3 is 5.69 Å². The standard InChI is InChI=1S/C15H17N5O2/c1-10(2)19-6-7-20(15(19)21)12-5-3-4-11(8-12)14-17-13(9-16)22-18-14/h3-8,10H,9,16H2,1-2H3. The van der Waals surface area contributed by atoms with Crippen molar-refractivity contribution in [3.8, 4) is 17.1 Å². The average molecular weight is 299 g/mol. The van der Waals surface area contributed by atoms with Crippen LogP contribution >= 0.6 is 0 Å². The van der Waals surface area contributed by atoms with Crippen molar-refractivity contribution in [2.45, 2.75) is 26.4 Å². The Bertz CT molecular complexity index is 843. The first-order chi connectivity index (χ1) is 10.6. The molecule has 22 heavy (non-hydrogen) atoms. The van der Waals surface area contributed by atoms with Crippen molar-refractivity contribution in [3.63, 3.8) is 0 Å². The van der Waals surface area contributed by atoms with E-state index in [4.69, 9.17) is 10.3 Å². The van der Waals surface area contributed by atoms with Gasteiger partial charge in [-0.2, -0.15) is 4.98 Å². The molecular formula is C15H17N5O2. The van der Waals surface area contributed by atoms with Gasteiger partial charge in [0.1, 0.15) is 0 Å². The molecule has 0 saturated heterocycles. The molecule has 2 N–H and O–H groups in total. The summed E-state index contributed by atoms with van der Waals surface area (Å²) in [5.74, 6) is 0.835. The minimum Gasteiger partial charge on any atom is -0.338 e. The van der Waals surface area contributed by atoms with E-state index in [1.54, 1.807) is 21.5 Å². The van der Waals surface area contributed by atoms with E-state index in [-0.39, 0.29) is 18.3 Å². The van der Waals surface area contributed by atoms with Gasteiger partial charge < -0.3 is 10.3 Å². The summed E-state index contributed by atoms with van der Waals surface area (Å²) < 4.78 is 8.28. The molecule has 7 nitrogen and oxygen atoms in total. The summed E-state index contributed by atoms with van der Waals surface area (Å²) in [5.41, 5.74) is 6.91. The Labute approximate surface area is 127 Å². The highest BCUT2D eigenvalue weighted by molar-refractivity contribution is 5.58. The maximum atomic E-state index is 12.4. The van der Waals surface area contributed by atoms with Crippen LogP contribution in [0.1, 0.15) is 25.8 Å². The maximum absolute atomic E-state index is 12.4. The lowest BCUT2D eigenvalue weighted by atomic mass is 10.2. The van der Waals surface area contributed by atoms with Crippen LogP contribution in [0.4, 0.5) is 0 Å². The molecule has 0 bridgehead atoms. The molecule has 3 rings (SSSR count).